The molecule has 0 radical (unpaired) electrons. The van der Waals surface area contributed by atoms with E-state index in [1.54, 1.807) is 24.3 Å². The molecule has 24 heavy (non-hydrogen) atoms. The topological polar surface area (TPSA) is 105 Å². The van der Waals surface area contributed by atoms with E-state index in [0.717, 1.165) is 5.39 Å². The summed E-state index contributed by atoms with van der Waals surface area (Å²) in [6.07, 6.45) is -0.200. The van der Waals surface area contributed by atoms with E-state index in [0.29, 0.717) is 22.6 Å². The summed E-state index contributed by atoms with van der Waals surface area (Å²) in [7, 11) is 0. The normalized spacial score (nSPS) is 10.5. The van der Waals surface area contributed by atoms with Crippen LogP contribution in [0.4, 0.5) is 17.1 Å². The molecule has 0 fully saturated rings. The van der Waals surface area contributed by atoms with Crippen molar-refractivity contribution >= 4 is 33.9 Å². The molecule has 0 aliphatic heterocycles. The van der Waals surface area contributed by atoms with Gasteiger partial charge in [0.25, 0.3) is 5.69 Å². The summed E-state index contributed by atoms with van der Waals surface area (Å²) in [5, 5.41) is 23.8. The van der Waals surface area contributed by atoms with Gasteiger partial charge >= 0.3 is 5.97 Å². The summed E-state index contributed by atoms with van der Waals surface area (Å²) in [5.74, 6) is -0.973. The summed E-state index contributed by atoms with van der Waals surface area (Å²) >= 11 is 0. The Kier molecular flexibility index (Phi) is 4.07. The Balaban J connectivity index is 2.05. The largest absolute Gasteiger partial charge is 0.481 e. The molecule has 7 nitrogen and oxygen atoms in total. The van der Waals surface area contributed by atoms with Crippen molar-refractivity contribution in [2.75, 3.05) is 5.32 Å². The second-order valence-electron chi connectivity index (χ2n) is 5.18. The maximum absolute atomic E-state index is 11.0. The molecular formula is C17H13N3O4. The fourth-order valence-corrected chi connectivity index (χ4v) is 2.43. The smallest absolute Gasteiger partial charge is 0.309 e. The van der Waals surface area contributed by atoms with Gasteiger partial charge in [-0.25, -0.2) is 0 Å². The lowest BCUT2D eigenvalue weighted by molar-refractivity contribution is -0.384. The minimum atomic E-state index is -0.973. The lowest BCUT2D eigenvalue weighted by Crippen LogP contribution is -2.04. The van der Waals surface area contributed by atoms with Crippen molar-refractivity contribution in [3.8, 4) is 0 Å². The molecule has 0 unspecified atom stereocenters. The van der Waals surface area contributed by atoms with E-state index in [1.165, 1.54) is 12.1 Å². The SMILES string of the molecule is O=C(O)Cc1cc(Nc2cccc([N+](=O)[O-])c2)c2ccccc2n1. The number of fused-ring (bicyclic) bond motifs is 1. The van der Waals surface area contributed by atoms with Crippen molar-refractivity contribution < 1.29 is 14.8 Å². The van der Waals surface area contributed by atoms with Crippen LogP contribution in [0.2, 0.25) is 0 Å². The number of hydrogen-bond donors (Lipinski definition) is 2. The highest BCUT2D eigenvalue weighted by molar-refractivity contribution is 5.93. The molecule has 0 atom stereocenters. The molecule has 1 heterocycles. The number of nitrogens with zero attached hydrogens (tertiary/aromatic N) is 2. The monoisotopic (exact) mass is 323 g/mol. The van der Waals surface area contributed by atoms with Gasteiger partial charge in [-0.05, 0) is 18.2 Å². The van der Waals surface area contributed by atoms with Crippen LogP contribution in [0.5, 0.6) is 0 Å². The third-order valence-electron chi connectivity index (χ3n) is 3.44. The maximum atomic E-state index is 11.0. The zero-order valence-corrected chi connectivity index (χ0v) is 12.5. The quantitative estimate of drug-likeness (QED) is 0.550. The third kappa shape index (κ3) is 3.30. The van der Waals surface area contributed by atoms with Crippen molar-refractivity contribution in [3.05, 3.63) is 70.4 Å². The van der Waals surface area contributed by atoms with Crippen molar-refractivity contribution in [1.29, 1.82) is 0 Å². The Hall–Kier alpha value is -3.48. The molecule has 0 aliphatic carbocycles. The van der Waals surface area contributed by atoms with Crippen LogP contribution in [0.25, 0.3) is 10.9 Å². The Morgan fingerprint density at radius 2 is 1.96 bits per heavy atom. The number of para-hydroxylation sites is 1. The van der Waals surface area contributed by atoms with Gasteiger partial charge in [-0.1, -0.05) is 24.3 Å². The van der Waals surface area contributed by atoms with Crippen LogP contribution in [-0.4, -0.2) is 21.0 Å². The number of rotatable bonds is 5. The van der Waals surface area contributed by atoms with Crippen molar-refractivity contribution in [1.82, 2.24) is 4.98 Å². The number of nitrogens with one attached hydrogen (secondary N) is 1. The Labute approximate surface area is 136 Å². The van der Waals surface area contributed by atoms with Crippen LogP contribution in [0, 0.1) is 10.1 Å². The number of carbonyl (C=O) groups is 1. The summed E-state index contributed by atoms with van der Waals surface area (Å²) in [5.41, 5.74) is 2.24. The van der Waals surface area contributed by atoms with E-state index in [9.17, 15) is 14.9 Å². The molecule has 2 aromatic carbocycles. The summed E-state index contributed by atoms with van der Waals surface area (Å²) < 4.78 is 0. The number of pyridine rings is 1. The van der Waals surface area contributed by atoms with E-state index in [2.05, 4.69) is 10.3 Å². The van der Waals surface area contributed by atoms with Crippen LogP contribution in [0.1, 0.15) is 5.69 Å². The van der Waals surface area contributed by atoms with Gasteiger partial charge in [-0.15, -0.1) is 0 Å². The van der Waals surface area contributed by atoms with Gasteiger partial charge in [0.2, 0.25) is 0 Å². The number of aromatic nitrogens is 1. The molecule has 0 spiro atoms. The first-order valence-electron chi connectivity index (χ1n) is 7.15. The van der Waals surface area contributed by atoms with Gasteiger partial charge in [0, 0.05) is 28.9 Å². The molecule has 0 aliphatic rings. The van der Waals surface area contributed by atoms with E-state index < -0.39 is 10.9 Å². The molecule has 0 saturated carbocycles. The highest BCUT2D eigenvalue weighted by Crippen LogP contribution is 2.28. The summed E-state index contributed by atoms with van der Waals surface area (Å²) in [6, 6.07) is 15.1. The zero-order valence-electron chi connectivity index (χ0n) is 12.5. The minimum Gasteiger partial charge on any atom is -0.481 e. The number of nitro groups is 1. The average Bonchev–Trinajstić information content (AvgIpc) is 2.54. The highest BCUT2D eigenvalue weighted by Gasteiger charge is 2.10. The molecule has 2 N–H and O–H groups in total. The number of nitro benzene ring substituents is 1. The number of anilines is 2. The van der Waals surface area contributed by atoms with Crippen molar-refractivity contribution in [3.63, 3.8) is 0 Å². The standard InChI is InChI=1S/C17H13N3O4/c21-17(22)10-12-9-16(14-6-1-2-7-15(14)19-12)18-11-4-3-5-13(8-11)20(23)24/h1-9H,10H2,(H,18,19)(H,21,22). The molecule has 120 valence electrons. The van der Waals surface area contributed by atoms with Crippen LogP contribution < -0.4 is 5.32 Å². The van der Waals surface area contributed by atoms with Crippen LogP contribution in [0.15, 0.2) is 54.6 Å². The number of non-ortho nitro benzene ring substituents is 1. The summed E-state index contributed by atoms with van der Waals surface area (Å²) in [4.78, 5) is 25.7. The van der Waals surface area contributed by atoms with Crippen LogP contribution in [0.3, 0.4) is 0 Å². The Morgan fingerprint density at radius 1 is 1.17 bits per heavy atom. The first-order chi connectivity index (χ1) is 11.5. The van der Waals surface area contributed by atoms with Crippen LogP contribution in [-0.2, 0) is 11.2 Å². The zero-order chi connectivity index (χ0) is 17.1. The van der Waals surface area contributed by atoms with E-state index >= 15 is 0 Å². The van der Waals surface area contributed by atoms with Crippen molar-refractivity contribution in [2.45, 2.75) is 6.42 Å². The molecule has 1 aromatic heterocycles. The molecule has 3 rings (SSSR count). The minimum absolute atomic E-state index is 0.0240. The Bertz CT molecular complexity index is 940. The third-order valence-corrected chi connectivity index (χ3v) is 3.44. The number of hydrogen-bond acceptors (Lipinski definition) is 5. The molecular weight excluding hydrogens is 310 g/mol. The number of aliphatic carboxylic acids is 1. The predicted molar refractivity (Wildman–Crippen MR) is 89.5 cm³/mol. The summed E-state index contributed by atoms with van der Waals surface area (Å²) in [6.45, 7) is 0. The molecule has 3 aromatic rings. The second-order valence-corrected chi connectivity index (χ2v) is 5.18. The van der Waals surface area contributed by atoms with Gasteiger partial charge in [0.1, 0.15) is 0 Å². The van der Waals surface area contributed by atoms with E-state index in [1.807, 2.05) is 18.2 Å². The fraction of sp³-hybridized carbons (Fsp3) is 0.0588. The van der Waals surface area contributed by atoms with Crippen molar-refractivity contribution in [2.24, 2.45) is 0 Å². The van der Waals surface area contributed by atoms with E-state index in [4.69, 9.17) is 5.11 Å². The molecule has 0 amide bonds. The second kappa shape index (κ2) is 6.33. The lowest BCUT2D eigenvalue weighted by Gasteiger charge is -2.11. The fourth-order valence-electron chi connectivity index (χ4n) is 2.43. The van der Waals surface area contributed by atoms with Crippen LogP contribution >= 0.6 is 0 Å². The number of carboxylic acid groups (broad SMARTS) is 1. The number of benzene rings is 2. The van der Waals surface area contributed by atoms with Gasteiger partial charge < -0.3 is 10.4 Å². The van der Waals surface area contributed by atoms with Gasteiger partial charge in [0.05, 0.1) is 22.6 Å². The predicted octanol–water partition coefficient (Wildman–Crippen LogP) is 3.51. The maximum Gasteiger partial charge on any atom is 0.309 e. The number of carboxylic acids is 1. The lowest BCUT2D eigenvalue weighted by atomic mass is 10.1. The highest BCUT2D eigenvalue weighted by atomic mass is 16.6. The molecule has 0 bridgehead atoms. The molecule has 0 saturated heterocycles. The average molecular weight is 323 g/mol. The van der Waals surface area contributed by atoms with Gasteiger partial charge in [-0.2, -0.15) is 0 Å². The van der Waals surface area contributed by atoms with Gasteiger partial charge in [-0.3, -0.25) is 19.9 Å². The van der Waals surface area contributed by atoms with E-state index in [-0.39, 0.29) is 12.1 Å². The first-order valence-corrected chi connectivity index (χ1v) is 7.15. The van der Waals surface area contributed by atoms with Gasteiger partial charge in [0.15, 0.2) is 0 Å². The first kappa shape index (κ1) is 15.4. The Morgan fingerprint density at radius 3 is 2.71 bits per heavy atom. The molecule has 7 heteroatoms.